The van der Waals surface area contributed by atoms with Gasteiger partial charge in [-0.05, 0) is 45.6 Å². The summed E-state index contributed by atoms with van der Waals surface area (Å²) in [7, 11) is 0. The number of benzene rings is 1. The number of amides is 1. The smallest absolute Gasteiger partial charge is 0.407 e. The van der Waals surface area contributed by atoms with Gasteiger partial charge in [0.25, 0.3) is 0 Å². The van der Waals surface area contributed by atoms with E-state index in [0.717, 1.165) is 24.8 Å². The molecule has 4 nitrogen and oxygen atoms in total. The molecule has 1 fully saturated rings. The number of hydrogen-bond donors (Lipinski definition) is 1. The standard InChI is InChI=1S/C17H25NO3/c1-17(2,3)21-16(19)18-14-10-7-11-15(14)20-12-13-8-5-4-6-9-13/h4-6,8-9,14-15H,7,10-12H2,1-3H3,(H,18,19)/t14-,15-/m1/s1. The molecular formula is C17H25NO3. The maximum Gasteiger partial charge on any atom is 0.407 e. The molecule has 0 saturated heterocycles. The van der Waals surface area contributed by atoms with Crippen LogP contribution in [0.2, 0.25) is 0 Å². The van der Waals surface area contributed by atoms with E-state index in [-0.39, 0.29) is 18.2 Å². The molecule has 1 N–H and O–H groups in total. The lowest BCUT2D eigenvalue weighted by atomic mass is 10.2. The number of rotatable bonds is 4. The number of nitrogens with one attached hydrogen (secondary N) is 1. The third kappa shape index (κ3) is 5.38. The Hall–Kier alpha value is -1.55. The van der Waals surface area contributed by atoms with E-state index in [1.807, 2.05) is 51.1 Å². The van der Waals surface area contributed by atoms with E-state index in [4.69, 9.17) is 9.47 Å². The lowest BCUT2D eigenvalue weighted by Crippen LogP contribution is -2.43. The zero-order valence-electron chi connectivity index (χ0n) is 13.1. The molecule has 0 spiro atoms. The average Bonchev–Trinajstić information content (AvgIpc) is 2.82. The van der Waals surface area contributed by atoms with Crippen LogP contribution in [0, 0.1) is 0 Å². The second kappa shape index (κ2) is 6.94. The van der Waals surface area contributed by atoms with Gasteiger partial charge in [0.15, 0.2) is 0 Å². The largest absolute Gasteiger partial charge is 0.444 e. The molecule has 1 aromatic rings. The molecule has 1 aliphatic rings. The molecule has 2 atom stereocenters. The average molecular weight is 291 g/mol. The minimum absolute atomic E-state index is 0.0450. The Bertz CT molecular complexity index is 453. The first-order valence-electron chi connectivity index (χ1n) is 7.59. The van der Waals surface area contributed by atoms with Crippen LogP contribution in [-0.4, -0.2) is 23.8 Å². The highest BCUT2D eigenvalue weighted by atomic mass is 16.6. The van der Waals surface area contributed by atoms with Crippen molar-refractivity contribution in [3.63, 3.8) is 0 Å². The van der Waals surface area contributed by atoms with Crippen molar-refractivity contribution in [1.82, 2.24) is 5.32 Å². The summed E-state index contributed by atoms with van der Waals surface area (Å²) in [6, 6.07) is 10.1. The van der Waals surface area contributed by atoms with Crippen molar-refractivity contribution < 1.29 is 14.3 Å². The minimum Gasteiger partial charge on any atom is -0.444 e. The first-order chi connectivity index (χ1) is 9.94. The summed E-state index contributed by atoms with van der Waals surface area (Å²) in [5, 5.41) is 2.94. The quantitative estimate of drug-likeness (QED) is 0.921. The van der Waals surface area contributed by atoms with Crippen molar-refractivity contribution in [2.24, 2.45) is 0 Å². The molecule has 0 aromatic heterocycles. The summed E-state index contributed by atoms with van der Waals surface area (Å²) >= 11 is 0. The summed E-state index contributed by atoms with van der Waals surface area (Å²) in [6.45, 7) is 6.18. The predicted octanol–water partition coefficient (Wildman–Crippen LogP) is 3.65. The Morgan fingerprint density at radius 1 is 1.24 bits per heavy atom. The van der Waals surface area contributed by atoms with Crippen LogP contribution in [-0.2, 0) is 16.1 Å². The summed E-state index contributed by atoms with van der Waals surface area (Å²) < 4.78 is 11.3. The number of carbonyl (C=O) groups excluding carboxylic acids is 1. The maximum atomic E-state index is 11.8. The number of carbonyl (C=O) groups is 1. The van der Waals surface area contributed by atoms with Crippen LogP contribution >= 0.6 is 0 Å². The molecule has 0 aliphatic heterocycles. The Kier molecular flexibility index (Phi) is 5.23. The summed E-state index contributed by atoms with van der Waals surface area (Å²) in [5.41, 5.74) is 0.684. The molecule has 1 aromatic carbocycles. The van der Waals surface area contributed by atoms with Gasteiger partial charge < -0.3 is 14.8 Å². The fourth-order valence-corrected chi connectivity index (χ4v) is 2.53. The Labute approximate surface area is 126 Å². The monoisotopic (exact) mass is 291 g/mol. The van der Waals surface area contributed by atoms with Crippen molar-refractivity contribution in [2.45, 2.75) is 64.4 Å². The fraction of sp³-hybridized carbons (Fsp3) is 0.588. The van der Waals surface area contributed by atoms with Gasteiger partial charge in [0.1, 0.15) is 5.60 Å². The summed E-state index contributed by atoms with van der Waals surface area (Å²) in [4.78, 5) is 11.8. The third-order valence-corrected chi connectivity index (χ3v) is 3.46. The van der Waals surface area contributed by atoms with E-state index in [0.29, 0.717) is 6.61 Å². The van der Waals surface area contributed by atoms with Crippen molar-refractivity contribution in [2.75, 3.05) is 0 Å². The normalized spacial score (nSPS) is 22.0. The van der Waals surface area contributed by atoms with E-state index in [2.05, 4.69) is 5.32 Å². The Balaban J connectivity index is 1.81. The molecule has 4 heteroatoms. The van der Waals surface area contributed by atoms with Crippen LogP contribution in [0.1, 0.15) is 45.6 Å². The molecule has 0 bridgehead atoms. The highest BCUT2D eigenvalue weighted by Crippen LogP contribution is 2.23. The van der Waals surface area contributed by atoms with E-state index in [9.17, 15) is 4.79 Å². The zero-order valence-corrected chi connectivity index (χ0v) is 13.1. The fourth-order valence-electron chi connectivity index (χ4n) is 2.53. The van der Waals surface area contributed by atoms with E-state index in [1.54, 1.807) is 0 Å². The van der Waals surface area contributed by atoms with Crippen LogP contribution in [0.4, 0.5) is 4.79 Å². The van der Waals surface area contributed by atoms with Crippen molar-refractivity contribution >= 4 is 6.09 Å². The van der Waals surface area contributed by atoms with Gasteiger partial charge in [-0.25, -0.2) is 4.79 Å². The third-order valence-electron chi connectivity index (χ3n) is 3.46. The number of alkyl carbamates (subject to hydrolysis) is 1. The molecule has 0 heterocycles. The molecular weight excluding hydrogens is 266 g/mol. The molecule has 0 radical (unpaired) electrons. The molecule has 1 saturated carbocycles. The first kappa shape index (κ1) is 15.8. The molecule has 1 aliphatic carbocycles. The molecule has 116 valence electrons. The number of hydrogen-bond acceptors (Lipinski definition) is 3. The first-order valence-corrected chi connectivity index (χ1v) is 7.59. The van der Waals surface area contributed by atoms with Crippen LogP contribution in [0.15, 0.2) is 30.3 Å². The van der Waals surface area contributed by atoms with Crippen LogP contribution in [0.25, 0.3) is 0 Å². The van der Waals surface area contributed by atoms with Crippen LogP contribution < -0.4 is 5.32 Å². The van der Waals surface area contributed by atoms with Gasteiger partial charge >= 0.3 is 6.09 Å². The Morgan fingerprint density at radius 3 is 2.62 bits per heavy atom. The van der Waals surface area contributed by atoms with Gasteiger partial charge in [-0.2, -0.15) is 0 Å². The SMILES string of the molecule is CC(C)(C)OC(=O)N[C@@H]1CCC[C@H]1OCc1ccccc1. The maximum absolute atomic E-state index is 11.8. The van der Waals surface area contributed by atoms with Gasteiger partial charge in [-0.3, -0.25) is 0 Å². The van der Waals surface area contributed by atoms with Crippen molar-refractivity contribution in [3.8, 4) is 0 Å². The van der Waals surface area contributed by atoms with Crippen molar-refractivity contribution in [1.29, 1.82) is 0 Å². The van der Waals surface area contributed by atoms with Crippen LogP contribution in [0.3, 0.4) is 0 Å². The Morgan fingerprint density at radius 2 is 1.95 bits per heavy atom. The summed E-state index contributed by atoms with van der Waals surface area (Å²) in [5.74, 6) is 0. The van der Waals surface area contributed by atoms with Crippen molar-refractivity contribution in [3.05, 3.63) is 35.9 Å². The summed E-state index contributed by atoms with van der Waals surface area (Å²) in [6.07, 6.45) is 2.70. The predicted molar refractivity (Wildman–Crippen MR) is 82.0 cm³/mol. The zero-order chi connectivity index (χ0) is 15.3. The molecule has 2 rings (SSSR count). The van der Waals surface area contributed by atoms with E-state index >= 15 is 0 Å². The lowest BCUT2D eigenvalue weighted by molar-refractivity contribution is 0.0166. The molecule has 0 unspecified atom stereocenters. The minimum atomic E-state index is -0.469. The van der Waals surface area contributed by atoms with Crippen LogP contribution in [0.5, 0.6) is 0 Å². The number of ether oxygens (including phenoxy) is 2. The highest BCUT2D eigenvalue weighted by Gasteiger charge is 2.30. The van der Waals surface area contributed by atoms with Gasteiger partial charge in [0.2, 0.25) is 0 Å². The topological polar surface area (TPSA) is 47.6 Å². The van der Waals surface area contributed by atoms with Gasteiger partial charge in [0, 0.05) is 0 Å². The second-order valence-electron chi connectivity index (χ2n) is 6.52. The van der Waals surface area contributed by atoms with E-state index in [1.165, 1.54) is 0 Å². The van der Waals surface area contributed by atoms with Gasteiger partial charge in [0.05, 0.1) is 18.8 Å². The molecule has 1 amide bonds. The highest BCUT2D eigenvalue weighted by molar-refractivity contribution is 5.68. The second-order valence-corrected chi connectivity index (χ2v) is 6.52. The van der Waals surface area contributed by atoms with Gasteiger partial charge in [-0.15, -0.1) is 0 Å². The van der Waals surface area contributed by atoms with Gasteiger partial charge in [-0.1, -0.05) is 30.3 Å². The van der Waals surface area contributed by atoms with E-state index < -0.39 is 5.60 Å². The lowest BCUT2D eigenvalue weighted by Gasteiger charge is -2.25. The molecule has 21 heavy (non-hydrogen) atoms.